The van der Waals surface area contributed by atoms with Gasteiger partial charge in [0.1, 0.15) is 0 Å². The van der Waals surface area contributed by atoms with Gasteiger partial charge in [0.25, 0.3) is 0 Å². The van der Waals surface area contributed by atoms with Crippen molar-refractivity contribution in [3.63, 3.8) is 0 Å². The number of anilines is 2. The summed E-state index contributed by atoms with van der Waals surface area (Å²) in [4.78, 5) is 26.5. The zero-order chi connectivity index (χ0) is 17.3. The number of carbonyl (C=O) groups excluding carboxylic acids is 2. The number of hydrogen-bond donors (Lipinski definition) is 1. The summed E-state index contributed by atoms with van der Waals surface area (Å²) in [5.74, 6) is -0.538. The first kappa shape index (κ1) is 16.5. The minimum absolute atomic E-state index is 0.0245. The molecule has 1 atom stereocenters. The van der Waals surface area contributed by atoms with E-state index >= 15 is 0 Å². The second kappa shape index (κ2) is 6.65. The molecule has 0 radical (unpaired) electrons. The zero-order valence-corrected chi connectivity index (χ0v) is 14.4. The van der Waals surface area contributed by atoms with Crippen molar-refractivity contribution in [1.82, 2.24) is 0 Å². The van der Waals surface area contributed by atoms with Gasteiger partial charge >= 0.3 is 0 Å². The van der Waals surface area contributed by atoms with Gasteiger partial charge in [-0.05, 0) is 49.2 Å². The largest absolute Gasteiger partial charge is 0.325 e. The molecule has 1 N–H and O–H groups in total. The third kappa shape index (κ3) is 3.29. The van der Waals surface area contributed by atoms with E-state index in [0.29, 0.717) is 17.3 Å². The third-order valence-electron chi connectivity index (χ3n) is 4.33. The van der Waals surface area contributed by atoms with Gasteiger partial charge in [-0.1, -0.05) is 29.8 Å². The summed E-state index contributed by atoms with van der Waals surface area (Å²) < 4.78 is 0. The van der Waals surface area contributed by atoms with E-state index in [1.807, 2.05) is 44.2 Å². The van der Waals surface area contributed by atoms with E-state index in [0.717, 1.165) is 16.8 Å². The fourth-order valence-corrected chi connectivity index (χ4v) is 3.08. The molecule has 0 spiro atoms. The van der Waals surface area contributed by atoms with E-state index in [2.05, 4.69) is 5.32 Å². The highest BCUT2D eigenvalue weighted by atomic mass is 35.5. The molecule has 1 aliphatic heterocycles. The van der Waals surface area contributed by atoms with Crippen molar-refractivity contribution in [3.8, 4) is 0 Å². The van der Waals surface area contributed by atoms with Crippen molar-refractivity contribution in [2.45, 2.75) is 20.3 Å². The van der Waals surface area contributed by atoms with Crippen molar-refractivity contribution in [1.29, 1.82) is 0 Å². The molecule has 1 fully saturated rings. The second-order valence-electron chi connectivity index (χ2n) is 6.15. The maximum absolute atomic E-state index is 12.5. The molecular formula is C19H19ClN2O2. The van der Waals surface area contributed by atoms with E-state index < -0.39 is 0 Å². The Morgan fingerprint density at radius 2 is 1.96 bits per heavy atom. The first-order chi connectivity index (χ1) is 11.5. The first-order valence-corrected chi connectivity index (χ1v) is 8.26. The number of carbonyl (C=O) groups is 2. The minimum atomic E-state index is -0.364. The maximum Gasteiger partial charge on any atom is 0.229 e. The molecule has 4 nitrogen and oxygen atoms in total. The van der Waals surface area contributed by atoms with Gasteiger partial charge in [0, 0.05) is 29.4 Å². The molecule has 1 aliphatic rings. The Morgan fingerprint density at radius 3 is 2.71 bits per heavy atom. The number of rotatable bonds is 3. The number of benzene rings is 2. The topological polar surface area (TPSA) is 49.4 Å². The predicted molar refractivity (Wildman–Crippen MR) is 96.5 cm³/mol. The van der Waals surface area contributed by atoms with Crippen LogP contribution in [0.5, 0.6) is 0 Å². The van der Waals surface area contributed by atoms with E-state index in [1.165, 1.54) is 0 Å². The Balaban J connectivity index is 1.73. The number of halogens is 1. The van der Waals surface area contributed by atoms with Crippen LogP contribution in [-0.2, 0) is 9.59 Å². The van der Waals surface area contributed by atoms with E-state index in [-0.39, 0.29) is 24.2 Å². The average molecular weight is 343 g/mol. The Labute approximate surface area is 146 Å². The number of nitrogens with zero attached hydrogens (tertiary/aromatic N) is 1. The van der Waals surface area contributed by atoms with Crippen LogP contribution in [0, 0.1) is 19.8 Å². The van der Waals surface area contributed by atoms with Crippen molar-refractivity contribution in [3.05, 3.63) is 58.6 Å². The van der Waals surface area contributed by atoms with Gasteiger partial charge in [-0.15, -0.1) is 0 Å². The lowest BCUT2D eigenvalue weighted by atomic mass is 10.1. The van der Waals surface area contributed by atoms with E-state index in [9.17, 15) is 9.59 Å². The first-order valence-electron chi connectivity index (χ1n) is 7.88. The maximum atomic E-state index is 12.5. The fraction of sp³-hybridized carbons (Fsp3) is 0.263. The van der Waals surface area contributed by atoms with Crippen LogP contribution in [0.1, 0.15) is 17.5 Å². The number of amides is 2. The summed E-state index contributed by atoms with van der Waals surface area (Å²) in [6.45, 7) is 4.24. The van der Waals surface area contributed by atoms with Crippen LogP contribution in [-0.4, -0.2) is 18.4 Å². The quantitative estimate of drug-likeness (QED) is 0.918. The van der Waals surface area contributed by atoms with Crippen molar-refractivity contribution < 1.29 is 9.59 Å². The Bertz CT molecular complexity index is 804. The summed E-state index contributed by atoms with van der Waals surface area (Å²) >= 11 is 6.08. The average Bonchev–Trinajstić information content (AvgIpc) is 2.94. The van der Waals surface area contributed by atoms with E-state index in [1.54, 1.807) is 17.0 Å². The predicted octanol–water partition coefficient (Wildman–Crippen LogP) is 3.95. The van der Waals surface area contributed by atoms with Gasteiger partial charge in [-0.3, -0.25) is 9.59 Å². The molecule has 124 valence electrons. The van der Waals surface area contributed by atoms with Gasteiger partial charge in [0.2, 0.25) is 11.8 Å². The SMILES string of the molecule is Cc1cccc(N2C[C@@H](C(=O)Nc3cccc(Cl)c3C)CC2=O)c1. The molecule has 2 aromatic rings. The normalized spacial score (nSPS) is 17.2. The monoisotopic (exact) mass is 342 g/mol. The lowest BCUT2D eigenvalue weighted by Crippen LogP contribution is -2.28. The molecule has 2 aromatic carbocycles. The molecule has 1 heterocycles. The standard InChI is InChI=1S/C19H19ClN2O2/c1-12-5-3-6-15(9-12)22-11-14(10-18(22)23)19(24)21-17-8-4-7-16(20)13(17)2/h3-9,14H,10-11H2,1-2H3,(H,21,24)/t14-/m0/s1. The molecule has 0 unspecified atom stereocenters. The van der Waals surface area contributed by atoms with Crippen LogP contribution in [0.2, 0.25) is 5.02 Å². The molecule has 0 aromatic heterocycles. The summed E-state index contributed by atoms with van der Waals surface area (Å²) in [5, 5.41) is 3.50. The summed E-state index contributed by atoms with van der Waals surface area (Å²) in [6, 6.07) is 13.1. The molecule has 1 saturated heterocycles. The van der Waals surface area contributed by atoms with Crippen molar-refractivity contribution in [2.24, 2.45) is 5.92 Å². The number of hydrogen-bond acceptors (Lipinski definition) is 2. The van der Waals surface area contributed by atoms with Crippen molar-refractivity contribution >= 4 is 34.8 Å². The molecule has 24 heavy (non-hydrogen) atoms. The smallest absolute Gasteiger partial charge is 0.229 e. The lowest BCUT2D eigenvalue weighted by molar-refractivity contribution is -0.122. The highest BCUT2D eigenvalue weighted by Crippen LogP contribution is 2.28. The van der Waals surface area contributed by atoms with Crippen LogP contribution < -0.4 is 10.2 Å². The van der Waals surface area contributed by atoms with Crippen LogP contribution in [0.25, 0.3) is 0 Å². The van der Waals surface area contributed by atoms with Gasteiger partial charge in [-0.2, -0.15) is 0 Å². The van der Waals surface area contributed by atoms with Crippen LogP contribution >= 0.6 is 11.6 Å². The van der Waals surface area contributed by atoms with Crippen LogP contribution in [0.3, 0.4) is 0 Å². The summed E-state index contributed by atoms with van der Waals surface area (Å²) in [5.41, 5.74) is 3.44. The van der Waals surface area contributed by atoms with Gasteiger partial charge < -0.3 is 10.2 Å². The molecule has 0 bridgehead atoms. The molecule has 3 rings (SSSR count). The van der Waals surface area contributed by atoms with Crippen LogP contribution in [0.15, 0.2) is 42.5 Å². The van der Waals surface area contributed by atoms with Gasteiger partial charge in [0.05, 0.1) is 5.92 Å². The number of nitrogens with one attached hydrogen (secondary N) is 1. The van der Waals surface area contributed by atoms with Gasteiger partial charge in [0.15, 0.2) is 0 Å². The summed E-state index contributed by atoms with van der Waals surface area (Å²) in [7, 11) is 0. The summed E-state index contributed by atoms with van der Waals surface area (Å²) in [6.07, 6.45) is 0.222. The molecule has 5 heteroatoms. The fourth-order valence-electron chi connectivity index (χ4n) is 2.91. The molecule has 0 aliphatic carbocycles. The minimum Gasteiger partial charge on any atom is -0.325 e. The lowest BCUT2D eigenvalue weighted by Gasteiger charge is -2.17. The second-order valence-corrected chi connectivity index (χ2v) is 6.55. The Kier molecular flexibility index (Phi) is 4.58. The Hall–Kier alpha value is -2.33. The van der Waals surface area contributed by atoms with Crippen LogP contribution in [0.4, 0.5) is 11.4 Å². The Morgan fingerprint density at radius 1 is 1.21 bits per heavy atom. The molecule has 2 amide bonds. The number of aryl methyl sites for hydroxylation is 1. The molecular weight excluding hydrogens is 324 g/mol. The van der Waals surface area contributed by atoms with Crippen molar-refractivity contribution in [2.75, 3.05) is 16.8 Å². The molecule has 0 saturated carbocycles. The zero-order valence-electron chi connectivity index (χ0n) is 13.7. The highest BCUT2D eigenvalue weighted by molar-refractivity contribution is 6.31. The third-order valence-corrected chi connectivity index (χ3v) is 4.74. The van der Waals surface area contributed by atoms with Gasteiger partial charge in [-0.25, -0.2) is 0 Å². The highest BCUT2D eigenvalue weighted by Gasteiger charge is 2.35. The van der Waals surface area contributed by atoms with E-state index in [4.69, 9.17) is 11.6 Å².